The van der Waals surface area contributed by atoms with E-state index in [1.807, 2.05) is 0 Å². The van der Waals surface area contributed by atoms with Crippen LogP contribution in [0.25, 0.3) is 0 Å². The molecule has 0 saturated carbocycles. The summed E-state index contributed by atoms with van der Waals surface area (Å²) in [4.78, 5) is 4.43. The van der Waals surface area contributed by atoms with E-state index in [-0.39, 0.29) is 0 Å². The Morgan fingerprint density at radius 2 is 2.13 bits per heavy atom. The van der Waals surface area contributed by atoms with Crippen LogP contribution in [0.3, 0.4) is 0 Å². The van der Waals surface area contributed by atoms with Crippen molar-refractivity contribution >= 4 is 0 Å². The van der Waals surface area contributed by atoms with Gasteiger partial charge in [-0.2, -0.15) is 0 Å². The molecule has 2 heterocycles. The van der Waals surface area contributed by atoms with E-state index in [9.17, 15) is 0 Å². The van der Waals surface area contributed by atoms with E-state index in [0.29, 0.717) is 0 Å². The topological polar surface area (TPSA) is 29.9 Å². The summed E-state index contributed by atoms with van der Waals surface area (Å²) in [5, 5.41) is 3.41. The number of hydrogen-bond donors (Lipinski definition) is 1. The van der Waals surface area contributed by atoms with Gasteiger partial charge in [-0.05, 0) is 52.1 Å². The molecule has 2 rings (SSSR count). The van der Waals surface area contributed by atoms with Crippen molar-refractivity contribution < 1.29 is 0 Å². The van der Waals surface area contributed by atoms with Gasteiger partial charge in [0.25, 0.3) is 0 Å². The van der Waals surface area contributed by atoms with Crippen LogP contribution in [0, 0.1) is 19.8 Å². The molecule has 1 aromatic heterocycles. The van der Waals surface area contributed by atoms with Gasteiger partial charge in [-0.15, -0.1) is 0 Å². The van der Waals surface area contributed by atoms with Crippen LogP contribution in [0.2, 0.25) is 0 Å². The van der Waals surface area contributed by atoms with Gasteiger partial charge in [-0.3, -0.25) is 0 Å². The predicted molar refractivity (Wildman–Crippen MR) is 61.9 cm³/mol. The molecule has 3 nitrogen and oxygen atoms in total. The van der Waals surface area contributed by atoms with E-state index in [0.717, 1.165) is 24.0 Å². The minimum absolute atomic E-state index is 0.911. The molecular formula is C12H21N3. The zero-order chi connectivity index (χ0) is 10.7. The molecule has 0 aromatic carbocycles. The number of hydrogen-bond acceptors (Lipinski definition) is 2. The maximum Gasteiger partial charge on any atom is 0.105 e. The van der Waals surface area contributed by atoms with E-state index in [1.54, 1.807) is 0 Å². The van der Waals surface area contributed by atoms with Crippen LogP contribution >= 0.6 is 0 Å². The normalized spacial score (nSPS) is 18.3. The van der Waals surface area contributed by atoms with Crippen molar-refractivity contribution in [1.82, 2.24) is 14.9 Å². The van der Waals surface area contributed by atoms with Gasteiger partial charge in [-0.25, -0.2) is 4.98 Å². The summed E-state index contributed by atoms with van der Waals surface area (Å²) in [5.41, 5.74) is 1.14. The van der Waals surface area contributed by atoms with Gasteiger partial charge in [-0.1, -0.05) is 0 Å². The van der Waals surface area contributed by atoms with E-state index >= 15 is 0 Å². The molecule has 0 spiro atoms. The van der Waals surface area contributed by atoms with E-state index in [2.05, 4.69) is 34.9 Å². The SMILES string of the molecule is Cc1cn(CCC2CCNCC2)c(C)n1. The van der Waals surface area contributed by atoms with Gasteiger partial charge >= 0.3 is 0 Å². The fraction of sp³-hybridized carbons (Fsp3) is 0.750. The van der Waals surface area contributed by atoms with Crippen molar-refractivity contribution in [3.05, 3.63) is 17.7 Å². The Hall–Kier alpha value is -0.830. The Morgan fingerprint density at radius 1 is 1.40 bits per heavy atom. The molecule has 0 radical (unpaired) electrons. The molecule has 1 N–H and O–H groups in total. The van der Waals surface area contributed by atoms with Crippen molar-refractivity contribution in [2.45, 2.75) is 39.7 Å². The third-order valence-electron chi connectivity index (χ3n) is 3.33. The fourth-order valence-electron chi connectivity index (χ4n) is 2.39. The van der Waals surface area contributed by atoms with Crippen molar-refractivity contribution in [1.29, 1.82) is 0 Å². The largest absolute Gasteiger partial charge is 0.335 e. The van der Waals surface area contributed by atoms with Crippen LogP contribution in [0.1, 0.15) is 30.8 Å². The first-order valence-electron chi connectivity index (χ1n) is 5.97. The smallest absolute Gasteiger partial charge is 0.105 e. The number of piperidine rings is 1. The molecule has 15 heavy (non-hydrogen) atoms. The molecule has 3 heteroatoms. The first kappa shape index (κ1) is 10.7. The van der Waals surface area contributed by atoms with Crippen LogP contribution in [0.4, 0.5) is 0 Å². The highest BCUT2D eigenvalue weighted by Crippen LogP contribution is 2.17. The van der Waals surface area contributed by atoms with Gasteiger partial charge < -0.3 is 9.88 Å². The van der Waals surface area contributed by atoms with Crippen LogP contribution < -0.4 is 5.32 Å². The lowest BCUT2D eigenvalue weighted by atomic mass is 9.95. The van der Waals surface area contributed by atoms with Crippen LogP contribution in [0.15, 0.2) is 6.20 Å². The molecule has 1 saturated heterocycles. The van der Waals surface area contributed by atoms with Crippen molar-refractivity contribution in [3.63, 3.8) is 0 Å². The van der Waals surface area contributed by atoms with Crippen molar-refractivity contribution in [2.75, 3.05) is 13.1 Å². The van der Waals surface area contributed by atoms with Gasteiger partial charge in [0.15, 0.2) is 0 Å². The standard InChI is InChI=1S/C12H21N3/c1-10-9-15(11(2)14-10)8-5-12-3-6-13-7-4-12/h9,12-13H,3-8H2,1-2H3. The second-order valence-electron chi connectivity index (χ2n) is 4.60. The summed E-state index contributed by atoms with van der Waals surface area (Å²) in [6.45, 7) is 7.69. The molecule has 1 fully saturated rings. The number of aryl methyl sites for hydroxylation is 3. The molecule has 0 aliphatic carbocycles. The Morgan fingerprint density at radius 3 is 2.73 bits per heavy atom. The lowest BCUT2D eigenvalue weighted by Crippen LogP contribution is -2.28. The maximum atomic E-state index is 4.43. The molecule has 84 valence electrons. The molecule has 0 unspecified atom stereocenters. The van der Waals surface area contributed by atoms with Crippen molar-refractivity contribution in [2.24, 2.45) is 5.92 Å². The van der Waals surface area contributed by atoms with Gasteiger partial charge in [0.1, 0.15) is 5.82 Å². The maximum absolute atomic E-state index is 4.43. The second kappa shape index (κ2) is 4.79. The Bertz CT molecular complexity index is 311. The summed E-state index contributed by atoms with van der Waals surface area (Å²) in [6.07, 6.45) is 6.15. The van der Waals surface area contributed by atoms with Gasteiger partial charge in [0.05, 0.1) is 5.69 Å². The third-order valence-corrected chi connectivity index (χ3v) is 3.33. The number of nitrogens with one attached hydrogen (secondary N) is 1. The Balaban J connectivity index is 1.84. The Kier molecular flexibility index (Phi) is 3.41. The van der Waals surface area contributed by atoms with Crippen LogP contribution in [-0.4, -0.2) is 22.6 Å². The van der Waals surface area contributed by atoms with Crippen LogP contribution in [-0.2, 0) is 6.54 Å². The van der Waals surface area contributed by atoms with Crippen LogP contribution in [0.5, 0.6) is 0 Å². The highest BCUT2D eigenvalue weighted by atomic mass is 15.1. The third kappa shape index (κ3) is 2.81. The quantitative estimate of drug-likeness (QED) is 0.820. The summed E-state index contributed by atoms with van der Waals surface area (Å²) in [5.74, 6) is 2.06. The summed E-state index contributed by atoms with van der Waals surface area (Å²) >= 11 is 0. The monoisotopic (exact) mass is 207 g/mol. The van der Waals surface area contributed by atoms with E-state index in [4.69, 9.17) is 0 Å². The van der Waals surface area contributed by atoms with E-state index in [1.165, 1.54) is 32.4 Å². The zero-order valence-corrected chi connectivity index (χ0v) is 9.79. The van der Waals surface area contributed by atoms with Gasteiger partial charge in [0, 0.05) is 12.7 Å². The summed E-state index contributed by atoms with van der Waals surface area (Å²) in [6, 6.07) is 0. The number of rotatable bonds is 3. The minimum atomic E-state index is 0.911. The number of imidazole rings is 1. The zero-order valence-electron chi connectivity index (χ0n) is 9.79. The highest BCUT2D eigenvalue weighted by Gasteiger charge is 2.13. The predicted octanol–water partition coefficient (Wildman–Crippen LogP) is 1.89. The van der Waals surface area contributed by atoms with Gasteiger partial charge in [0.2, 0.25) is 0 Å². The average molecular weight is 207 g/mol. The number of nitrogens with zero attached hydrogens (tertiary/aromatic N) is 2. The average Bonchev–Trinajstić information content (AvgIpc) is 2.56. The molecule has 0 amide bonds. The lowest BCUT2D eigenvalue weighted by molar-refractivity contribution is 0.337. The summed E-state index contributed by atoms with van der Waals surface area (Å²) in [7, 11) is 0. The Labute approximate surface area is 91.9 Å². The van der Waals surface area contributed by atoms with E-state index < -0.39 is 0 Å². The molecule has 0 bridgehead atoms. The van der Waals surface area contributed by atoms with Crippen molar-refractivity contribution in [3.8, 4) is 0 Å². The summed E-state index contributed by atoms with van der Waals surface area (Å²) < 4.78 is 2.29. The first-order valence-corrected chi connectivity index (χ1v) is 5.97. The first-order chi connectivity index (χ1) is 7.25. The lowest BCUT2D eigenvalue weighted by Gasteiger charge is -2.22. The molecular weight excluding hydrogens is 186 g/mol. The highest BCUT2D eigenvalue weighted by molar-refractivity contribution is 5.00. The number of aromatic nitrogens is 2. The fourth-order valence-corrected chi connectivity index (χ4v) is 2.39. The molecule has 1 aromatic rings. The molecule has 0 atom stereocenters. The second-order valence-corrected chi connectivity index (χ2v) is 4.60. The molecule has 1 aliphatic rings. The minimum Gasteiger partial charge on any atom is -0.335 e. The molecule has 1 aliphatic heterocycles.